The first kappa shape index (κ1) is 12.4. The number of fused-ring (bicyclic) bond motifs is 1. The Balaban J connectivity index is 1.74. The van der Waals surface area contributed by atoms with Gasteiger partial charge in [0.25, 0.3) is 0 Å². The quantitative estimate of drug-likeness (QED) is 0.835. The fraction of sp³-hybridized carbons (Fsp3) is 0.438. The third-order valence-corrected chi connectivity index (χ3v) is 3.69. The van der Waals surface area contributed by atoms with Gasteiger partial charge in [-0.2, -0.15) is 0 Å². The van der Waals surface area contributed by atoms with Gasteiger partial charge in [0.15, 0.2) is 5.58 Å². The van der Waals surface area contributed by atoms with Gasteiger partial charge < -0.3 is 4.42 Å². The average Bonchev–Trinajstić information content (AvgIpc) is 2.89. The van der Waals surface area contributed by atoms with E-state index in [-0.39, 0.29) is 0 Å². The number of benzene rings is 1. The summed E-state index contributed by atoms with van der Waals surface area (Å²) in [6.45, 7) is 5.58. The van der Waals surface area contributed by atoms with E-state index in [2.05, 4.69) is 22.9 Å². The van der Waals surface area contributed by atoms with Crippen LogP contribution in [0.25, 0.3) is 16.7 Å². The molecule has 1 aromatic carbocycles. The van der Waals surface area contributed by atoms with Crippen LogP contribution in [0, 0.1) is 0 Å². The van der Waals surface area contributed by atoms with Crippen LogP contribution in [0.2, 0.25) is 0 Å². The first-order valence-electron chi connectivity index (χ1n) is 7.14. The van der Waals surface area contributed by atoms with Crippen molar-refractivity contribution in [3.8, 4) is 0 Å². The summed E-state index contributed by atoms with van der Waals surface area (Å²) < 4.78 is 5.83. The molecule has 2 heterocycles. The molecule has 0 unspecified atom stereocenters. The Morgan fingerprint density at radius 1 is 1.32 bits per heavy atom. The highest BCUT2D eigenvalue weighted by Gasteiger charge is 2.16. The Kier molecular flexibility index (Phi) is 3.65. The molecular formula is C16H20N2O. The first-order valence-corrected chi connectivity index (χ1v) is 7.14. The summed E-state index contributed by atoms with van der Waals surface area (Å²) in [5.74, 6) is 0.802. The van der Waals surface area contributed by atoms with Crippen LogP contribution in [0.1, 0.15) is 32.1 Å². The zero-order chi connectivity index (χ0) is 13.1. The zero-order valence-electron chi connectivity index (χ0n) is 11.4. The van der Waals surface area contributed by atoms with Crippen molar-refractivity contribution < 1.29 is 4.42 Å². The molecule has 2 aromatic rings. The van der Waals surface area contributed by atoms with Crippen LogP contribution in [0.5, 0.6) is 0 Å². The molecule has 1 aliphatic heterocycles. The van der Waals surface area contributed by atoms with Crippen molar-refractivity contribution in [1.29, 1.82) is 0 Å². The molecule has 100 valence electrons. The van der Waals surface area contributed by atoms with Gasteiger partial charge in [0.2, 0.25) is 5.89 Å². The summed E-state index contributed by atoms with van der Waals surface area (Å²) in [5.41, 5.74) is 3.09. The number of rotatable bonds is 4. The molecule has 0 radical (unpaired) electrons. The molecule has 0 amide bonds. The van der Waals surface area contributed by atoms with Crippen LogP contribution < -0.4 is 0 Å². The number of nitrogens with zero attached hydrogens (tertiary/aromatic N) is 2. The van der Waals surface area contributed by atoms with E-state index in [1.165, 1.54) is 25.0 Å². The Bertz CT molecular complexity index is 552. The molecule has 3 nitrogen and oxygen atoms in total. The van der Waals surface area contributed by atoms with Gasteiger partial charge in [-0.05, 0) is 31.5 Å². The fourth-order valence-corrected chi connectivity index (χ4v) is 2.50. The Labute approximate surface area is 113 Å². The van der Waals surface area contributed by atoms with Crippen molar-refractivity contribution in [2.24, 2.45) is 0 Å². The smallest absolute Gasteiger partial charge is 0.222 e. The fourth-order valence-electron chi connectivity index (χ4n) is 2.50. The zero-order valence-corrected chi connectivity index (χ0v) is 11.4. The predicted octanol–water partition coefficient (Wildman–Crippen LogP) is 3.72. The van der Waals surface area contributed by atoms with Crippen LogP contribution in [-0.4, -0.2) is 29.5 Å². The van der Waals surface area contributed by atoms with E-state index >= 15 is 0 Å². The van der Waals surface area contributed by atoms with Crippen molar-refractivity contribution in [3.63, 3.8) is 0 Å². The summed E-state index contributed by atoms with van der Waals surface area (Å²) in [7, 11) is 0. The molecule has 1 aliphatic rings. The van der Waals surface area contributed by atoms with Gasteiger partial charge in [0, 0.05) is 18.7 Å². The summed E-state index contributed by atoms with van der Waals surface area (Å²) in [6, 6.07) is 7.96. The molecule has 0 saturated heterocycles. The molecule has 1 aromatic heterocycles. The second-order valence-electron chi connectivity index (χ2n) is 5.12. The number of hydrogen-bond donors (Lipinski definition) is 0. The number of unbranched alkanes of at least 4 members (excludes halogenated alkanes) is 1. The number of para-hydroxylation sites is 2. The third kappa shape index (κ3) is 2.71. The lowest BCUT2D eigenvalue weighted by Gasteiger charge is -2.24. The van der Waals surface area contributed by atoms with E-state index in [0.29, 0.717) is 0 Å². The molecule has 19 heavy (non-hydrogen) atoms. The minimum absolute atomic E-state index is 0.802. The van der Waals surface area contributed by atoms with Gasteiger partial charge in [-0.1, -0.05) is 31.6 Å². The average molecular weight is 256 g/mol. The van der Waals surface area contributed by atoms with Gasteiger partial charge >= 0.3 is 0 Å². The lowest BCUT2D eigenvalue weighted by molar-refractivity contribution is 0.295. The highest BCUT2D eigenvalue weighted by atomic mass is 16.3. The summed E-state index contributed by atoms with van der Waals surface area (Å²) in [6.07, 6.45) is 5.85. The second kappa shape index (κ2) is 5.57. The van der Waals surface area contributed by atoms with Gasteiger partial charge in [-0.25, -0.2) is 4.98 Å². The van der Waals surface area contributed by atoms with Crippen LogP contribution in [-0.2, 0) is 0 Å². The van der Waals surface area contributed by atoms with Gasteiger partial charge in [0.05, 0.1) is 0 Å². The van der Waals surface area contributed by atoms with Gasteiger partial charge in [-0.15, -0.1) is 0 Å². The summed E-state index contributed by atoms with van der Waals surface area (Å²) >= 11 is 0. The lowest BCUT2D eigenvalue weighted by atomic mass is 10.1. The monoisotopic (exact) mass is 256 g/mol. The number of oxazole rings is 1. The van der Waals surface area contributed by atoms with E-state index in [1.807, 2.05) is 24.3 Å². The molecule has 0 saturated carbocycles. The maximum Gasteiger partial charge on any atom is 0.222 e. The second-order valence-corrected chi connectivity index (χ2v) is 5.12. The molecule has 0 aliphatic carbocycles. The molecule has 3 rings (SSSR count). The molecule has 0 bridgehead atoms. The van der Waals surface area contributed by atoms with Crippen molar-refractivity contribution >= 4 is 16.7 Å². The Hall–Kier alpha value is -1.61. The maximum absolute atomic E-state index is 5.83. The minimum Gasteiger partial charge on any atom is -0.436 e. The molecular weight excluding hydrogens is 236 g/mol. The van der Waals surface area contributed by atoms with Crippen molar-refractivity contribution in [2.45, 2.75) is 26.2 Å². The van der Waals surface area contributed by atoms with Crippen molar-refractivity contribution in [3.05, 3.63) is 36.2 Å². The third-order valence-electron chi connectivity index (χ3n) is 3.69. The van der Waals surface area contributed by atoms with Crippen LogP contribution >= 0.6 is 0 Å². The molecule has 0 fully saturated rings. The van der Waals surface area contributed by atoms with E-state index in [1.54, 1.807) is 0 Å². The minimum atomic E-state index is 0.802. The van der Waals surface area contributed by atoms with E-state index in [0.717, 1.165) is 36.5 Å². The van der Waals surface area contributed by atoms with E-state index < -0.39 is 0 Å². The van der Waals surface area contributed by atoms with E-state index in [9.17, 15) is 0 Å². The maximum atomic E-state index is 5.83. The lowest BCUT2D eigenvalue weighted by Crippen LogP contribution is -2.29. The molecule has 3 heteroatoms. The van der Waals surface area contributed by atoms with Gasteiger partial charge in [0.1, 0.15) is 5.52 Å². The molecule has 0 atom stereocenters. The SMILES string of the molecule is CCCCN1CC=C(c2nc3ccccc3o2)CC1. The first-order chi connectivity index (χ1) is 9.36. The largest absolute Gasteiger partial charge is 0.436 e. The standard InChI is InChI=1S/C16H20N2O/c1-2-3-10-18-11-8-13(9-12-18)16-17-14-6-4-5-7-15(14)19-16/h4-8H,2-3,9-12H2,1H3. The van der Waals surface area contributed by atoms with Crippen LogP contribution in [0.3, 0.4) is 0 Å². The van der Waals surface area contributed by atoms with Crippen LogP contribution in [0.4, 0.5) is 0 Å². The Morgan fingerprint density at radius 2 is 2.21 bits per heavy atom. The Morgan fingerprint density at radius 3 is 2.95 bits per heavy atom. The summed E-state index contributed by atoms with van der Waals surface area (Å²) in [4.78, 5) is 7.07. The highest BCUT2D eigenvalue weighted by Crippen LogP contribution is 2.25. The number of hydrogen-bond acceptors (Lipinski definition) is 3. The highest BCUT2D eigenvalue weighted by molar-refractivity contribution is 5.75. The van der Waals surface area contributed by atoms with Gasteiger partial charge in [-0.3, -0.25) is 4.90 Å². The molecule has 0 spiro atoms. The normalized spacial score (nSPS) is 16.8. The summed E-state index contributed by atoms with van der Waals surface area (Å²) in [5, 5.41) is 0. The van der Waals surface area contributed by atoms with Crippen LogP contribution in [0.15, 0.2) is 34.8 Å². The molecule has 0 N–H and O–H groups in total. The van der Waals surface area contributed by atoms with Crippen molar-refractivity contribution in [1.82, 2.24) is 9.88 Å². The number of aromatic nitrogens is 1. The van der Waals surface area contributed by atoms with E-state index in [4.69, 9.17) is 4.42 Å². The topological polar surface area (TPSA) is 29.3 Å². The van der Waals surface area contributed by atoms with Crippen molar-refractivity contribution in [2.75, 3.05) is 19.6 Å². The predicted molar refractivity (Wildman–Crippen MR) is 78.0 cm³/mol.